The summed E-state index contributed by atoms with van der Waals surface area (Å²) < 4.78 is 4.32. The van der Waals surface area contributed by atoms with Crippen LogP contribution in [-0.4, -0.2) is 59.1 Å². The van der Waals surface area contributed by atoms with Crippen LogP contribution < -0.4 is 11.2 Å². The number of imidazole rings is 1. The van der Waals surface area contributed by atoms with Crippen LogP contribution in [0.4, 0.5) is 0 Å². The van der Waals surface area contributed by atoms with Gasteiger partial charge in [-0.15, -0.1) is 11.3 Å². The van der Waals surface area contributed by atoms with E-state index in [1.807, 2.05) is 31.2 Å². The third-order valence-corrected chi connectivity index (χ3v) is 7.31. The van der Waals surface area contributed by atoms with Crippen LogP contribution in [0.3, 0.4) is 0 Å². The fourth-order valence-corrected chi connectivity index (χ4v) is 5.73. The van der Waals surface area contributed by atoms with Gasteiger partial charge in [0.25, 0.3) is 11.5 Å². The SMILES string of the molecule is CCCn1c(=O)n(C)c(=O)c2c(C(=O)N3C[C@H](O)CO3)c(Cn3c(CO)nc4ccccc43)sc21. The van der Waals surface area contributed by atoms with Crippen LogP contribution >= 0.6 is 11.3 Å². The number of hydrogen-bond donors (Lipinski definition) is 2. The Morgan fingerprint density at radius 2 is 2.03 bits per heavy atom. The number of carbonyl (C=O) groups is 1. The second-order valence-corrected chi connectivity index (χ2v) is 9.54. The molecule has 0 radical (unpaired) electrons. The molecule has 1 aromatic carbocycles. The summed E-state index contributed by atoms with van der Waals surface area (Å²) in [6.07, 6.45) is -0.168. The van der Waals surface area contributed by atoms with Crippen molar-refractivity contribution in [3.05, 3.63) is 61.4 Å². The molecule has 35 heavy (non-hydrogen) atoms. The summed E-state index contributed by atoms with van der Waals surface area (Å²) in [4.78, 5) is 50.6. The van der Waals surface area contributed by atoms with Crippen LogP contribution in [0, 0.1) is 0 Å². The number of aromatic nitrogens is 4. The van der Waals surface area contributed by atoms with Crippen LogP contribution in [-0.2, 0) is 31.6 Å². The van der Waals surface area contributed by atoms with Crippen LogP contribution in [0.2, 0.25) is 0 Å². The monoisotopic (exact) mass is 499 g/mol. The molecule has 0 bridgehead atoms. The summed E-state index contributed by atoms with van der Waals surface area (Å²) in [6, 6.07) is 7.39. The van der Waals surface area contributed by atoms with Crippen molar-refractivity contribution < 1.29 is 19.8 Å². The molecule has 0 spiro atoms. The van der Waals surface area contributed by atoms with E-state index in [4.69, 9.17) is 4.84 Å². The number of fused-ring (bicyclic) bond motifs is 2. The average molecular weight is 500 g/mol. The summed E-state index contributed by atoms with van der Waals surface area (Å²) in [5.74, 6) is -0.148. The van der Waals surface area contributed by atoms with Gasteiger partial charge in [-0.25, -0.2) is 14.8 Å². The minimum atomic E-state index is -0.827. The third-order valence-electron chi connectivity index (χ3n) is 6.11. The van der Waals surface area contributed by atoms with E-state index in [1.165, 1.54) is 23.0 Å². The van der Waals surface area contributed by atoms with E-state index in [-0.39, 0.29) is 37.3 Å². The summed E-state index contributed by atoms with van der Waals surface area (Å²) in [7, 11) is 1.39. The van der Waals surface area contributed by atoms with Gasteiger partial charge in [-0.1, -0.05) is 19.1 Å². The number of para-hydroxylation sites is 2. The first kappa shape index (κ1) is 23.4. The topological polar surface area (TPSA) is 132 Å². The molecule has 3 aromatic heterocycles. The van der Waals surface area contributed by atoms with Gasteiger partial charge in [-0.05, 0) is 18.6 Å². The van der Waals surface area contributed by atoms with Crippen molar-refractivity contribution in [2.75, 3.05) is 13.2 Å². The maximum Gasteiger partial charge on any atom is 0.331 e. The second-order valence-electron chi connectivity index (χ2n) is 8.46. The molecule has 4 heterocycles. The quantitative estimate of drug-likeness (QED) is 0.401. The lowest BCUT2D eigenvalue weighted by Crippen LogP contribution is -2.38. The molecule has 12 heteroatoms. The number of nitrogens with zero attached hydrogens (tertiary/aromatic N) is 5. The van der Waals surface area contributed by atoms with E-state index in [0.717, 1.165) is 15.1 Å². The first-order valence-corrected chi connectivity index (χ1v) is 12.1. The molecule has 1 aliphatic rings. The summed E-state index contributed by atoms with van der Waals surface area (Å²) in [6.45, 7) is 2.09. The lowest BCUT2D eigenvalue weighted by Gasteiger charge is -2.15. The van der Waals surface area contributed by atoms with Gasteiger partial charge in [0.2, 0.25) is 0 Å². The molecule has 1 amide bonds. The number of amides is 1. The molecule has 184 valence electrons. The van der Waals surface area contributed by atoms with Crippen LogP contribution in [0.15, 0.2) is 33.9 Å². The van der Waals surface area contributed by atoms with Crippen molar-refractivity contribution >= 4 is 38.5 Å². The number of hydroxylamine groups is 2. The molecule has 1 fully saturated rings. The minimum absolute atomic E-state index is 0.0253. The highest BCUT2D eigenvalue weighted by Crippen LogP contribution is 2.32. The molecule has 1 saturated heterocycles. The molecule has 0 saturated carbocycles. The number of aliphatic hydroxyl groups is 2. The first-order valence-electron chi connectivity index (χ1n) is 11.3. The summed E-state index contributed by atoms with van der Waals surface area (Å²) >= 11 is 1.20. The predicted molar refractivity (Wildman–Crippen MR) is 129 cm³/mol. The van der Waals surface area contributed by atoms with Crippen LogP contribution in [0.5, 0.6) is 0 Å². The maximum absolute atomic E-state index is 13.6. The second kappa shape index (κ2) is 9.04. The smallest absolute Gasteiger partial charge is 0.331 e. The number of carbonyl (C=O) groups excluding carboxylic acids is 1. The number of aliphatic hydroxyl groups excluding tert-OH is 2. The van der Waals surface area contributed by atoms with E-state index < -0.39 is 23.3 Å². The van der Waals surface area contributed by atoms with Gasteiger partial charge in [-0.3, -0.25) is 23.6 Å². The van der Waals surface area contributed by atoms with Gasteiger partial charge < -0.3 is 14.8 Å². The van der Waals surface area contributed by atoms with E-state index in [2.05, 4.69) is 4.98 Å². The van der Waals surface area contributed by atoms with Crippen molar-refractivity contribution in [3.8, 4) is 0 Å². The molecule has 11 nitrogen and oxygen atoms in total. The fourth-order valence-electron chi connectivity index (χ4n) is 4.44. The van der Waals surface area contributed by atoms with Crippen molar-refractivity contribution in [1.82, 2.24) is 23.7 Å². The fraction of sp³-hybridized carbons (Fsp3) is 0.391. The third kappa shape index (κ3) is 3.78. The van der Waals surface area contributed by atoms with Crippen molar-refractivity contribution in [2.45, 2.75) is 39.1 Å². The number of aryl methyl sites for hydroxylation is 1. The Morgan fingerprint density at radius 3 is 2.71 bits per heavy atom. The largest absolute Gasteiger partial charge is 0.389 e. The van der Waals surface area contributed by atoms with E-state index >= 15 is 0 Å². The maximum atomic E-state index is 13.6. The molecule has 5 rings (SSSR count). The van der Waals surface area contributed by atoms with Crippen molar-refractivity contribution in [2.24, 2.45) is 7.05 Å². The zero-order valence-corrected chi connectivity index (χ0v) is 20.1. The van der Waals surface area contributed by atoms with Gasteiger partial charge in [0, 0.05) is 18.5 Å². The van der Waals surface area contributed by atoms with Gasteiger partial charge in [0.15, 0.2) is 0 Å². The molecular formula is C23H25N5O6S. The number of hydrogen-bond acceptors (Lipinski definition) is 8. The highest BCUT2D eigenvalue weighted by atomic mass is 32.1. The predicted octanol–water partition coefficient (Wildman–Crippen LogP) is 0.810. The van der Waals surface area contributed by atoms with Gasteiger partial charge in [-0.2, -0.15) is 0 Å². The number of rotatable bonds is 6. The lowest BCUT2D eigenvalue weighted by atomic mass is 10.1. The van der Waals surface area contributed by atoms with E-state index in [0.29, 0.717) is 34.0 Å². The lowest BCUT2D eigenvalue weighted by molar-refractivity contribution is -0.0778. The average Bonchev–Trinajstić information content (AvgIpc) is 3.55. The molecule has 0 aliphatic carbocycles. The number of thiophene rings is 1. The Labute approximate surface area is 203 Å². The first-order chi connectivity index (χ1) is 16.8. The Hall–Kier alpha value is -3.32. The number of benzene rings is 1. The van der Waals surface area contributed by atoms with Crippen molar-refractivity contribution in [1.29, 1.82) is 0 Å². The van der Waals surface area contributed by atoms with Crippen LogP contribution in [0.25, 0.3) is 21.3 Å². The molecular weight excluding hydrogens is 474 g/mol. The minimum Gasteiger partial charge on any atom is -0.389 e. The highest BCUT2D eigenvalue weighted by molar-refractivity contribution is 7.19. The number of β-amino-alcohol motifs (C(OH)–C–C–N with tert-alkyl or cyclic N) is 1. The molecule has 2 N–H and O–H groups in total. The zero-order chi connectivity index (χ0) is 24.9. The molecule has 0 unspecified atom stereocenters. The van der Waals surface area contributed by atoms with Gasteiger partial charge in [0.1, 0.15) is 30.0 Å². The Balaban J connectivity index is 1.78. The normalized spacial score (nSPS) is 16.1. The van der Waals surface area contributed by atoms with E-state index in [1.54, 1.807) is 4.57 Å². The van der Waals surface area contributed by atoms with Gasteiger partial charge in [0.05, 0.1) is 35.1 Å². The summed E-state index contributed by atoms with van der Waals surface area (Å²) in [5.41, 5.74) is 0.564. The summed E-state index contributed by atoms with van der Waals surface area (Å²) in [5, 5.41) is 21.1. The Morgan fingerprint density at radius 1 is 1.26 bits per heavy atom. The molecule has 4 aromatic rings. The van der Waals surface area contributed by atoms with Crippen LogP contribution in [0.1, 0.15) is 34.4 Å². The highest BCUT2D eigenvalue weighted by Gasteiger charge is 2.33. The van der Waals surface area contributed by atoms with E-state index in [9.17, 15) is 24.6 Å². The Kier molecular flexibility index (Phi) is 6.05. The molecule has 1 atom stereocenters. The molecule has 1 aliphatic heterocycles. The zero-order valence-electron chi connectivity index (χ0n) is 19.3. The van der Waals surface area contributed by atoms with Gasteiger partial charge >= 0.3 is 5.69 Å². The Bertz CT molecular complexity index is 1560. The standard InChI is InChI=1S/C23H25N5O6S/c1-3-8-26-22-19(20(31)25(2)23(26)33)18(21(32)28-9-13(30)12-34-28)16(35-22)10-27-15-7-5-4-6-14(15)24-17(27)11-29/h4-7,13,29-30H,3,8-12H2,1-2H3/t13-/m0/s1. The van der Waals surface area contributed by atoms with Crippen molar-refractivity contribution in [3.63, 3.8) is 0 Å².